The topological polar surface area (TPSA) is 63.4 Å². The molecule has 0 saturated heterocycles. The zero-order valence-corrected chi connectivity index (χ0v) is 13.1. The van der Waals surface area contributed by atoms with E-state index in [-0.39, 0.29) is 10.9 Å². The molecule has 2 aromatic rings. The fraction of sp³-hybridized carbons (Fsp3) is 0.400. The minimum Gasteiger partial charge on any atom is -0.360 e. The van der Waals surface area contributed by atoms with E-state index in [1.807, 2.05) is 12.1 Å². The minimum atomic E-state index is -3.58. The van der Waals surface area contributed by atoms with E-state index >= 15 is 0 Å². The van der Waals surface area contributed by atoms with Crippen molar-refractivity contribution in [1.29, 1.82) is 0 Å². The first-order chi connectivity index (χ1) is 9.91. The number of rotatable bonds is 3. The molecule has 0 spiro atoms. The van der Waals surface area contributed by atoms with Gasteiger partial charge in [0.15, 0.2) is 5.76 Å². The number of aryl methyl sites for hydroxylation is 2. The van der Waals surface area contributed by atoms with Crippen molar-refractivity contribution in [2.45, 2.75) is 37.6 Å². The Hall–Kier alpha value is -1.66. The molecule has 112 valence electrons. The normalized spacial score (nSPS) is 15.6. The summed E-state index contributed by atoms with van der Waals surface area (Å²) in [5, 5.41) is 3.75. The molecule has 0 radical (unpaired) electrons. The van der Waals surface area contributed by atoms with Crippen molar-refractivity contribution in [2.75, 3.05) is 7.05 Å². The SMILES string of the molecule is Cc1noc(C)c1S(=O)(=O)N(C)C1Cc2ccccc2C1. The number of benzene rings is 1. The van der Waals surface area contributed by atoms with Crippen LogP contribution in [0.25, 0.3) is 0 Å². The third-order valence-electron chi connectivity index (χ3n) is 4.15. The molecule has 1 heterocycles. The van der Waals surface area contributed by atoms with Crippen LogP contribution in [0, 0.1) is 13.8 Å². The van der Waals surface area contributed by atoms with Gasteiger partial charge in [-0.1, -0.05) is 29.4 Å². The third-order valence-corrected chi connectivity index (χ3v) is 6.30. The maximum absolute atomic E-state index is 12.8. The van der Waals surface area contributed by atoms with Gasteiger partial charge in [0.1, 0.15) is 10.6 Å². The van der Waals surface area contributed by atoms with Crippen molar-refractivity contribution in [2.24, 2.45) is 0 Å². The highest BCUT2D eigenvalue weighted by molar-refractivity contribution is 7.89. The molecule has 5 nitrogen and oxygen atoms in total. The minimum absolute atomic E-state index is 0.0545. The summed E-state index contributed by atoms with van der Waals surface area (Å²) in [6.45, 7) is 3.28. The summed E-state index contributed by atoms with van der Waals surface area (Å²) in [5.41, 5.74) is 2.86. The van der Waals surface area contributed by atoms with Crippen LogP contribution >= 0.6 is 0 Å². The largest absolute Gasteiger partial charge is 0.360 e. The van der Waals surface area contributed by atoms with Gasteiger partial charge in [0.2, 0.25) is 10.0 Å². The first-order valence-electron chi connectivity index (χ1n) is 6.89. The molecule has 0 atom stereocenters. The monoisotopic (exact) mass is 306 g/mol. The lowest BCUT2D eigenvalue weighted by atomic mass is 10.1. The van der Waals surface area contributed by atoms with E-state index in [1.54, 1.807) is 20.9 Å². The van der Waals surface area contributed by atoms with Crippen molar-refractivity contribution in [3.63, 3.8) is 0 Å². The Labute approximate surface area is 124 Å². The summed E-state index contributed by atoms with van der Waals surface area (Å²) in [6.07, 6.45) is 1.49. The highest BCUT2D eigenvalue weighted by Gasteiger charge is 2.35. The molecule has 6 heteroatoms. The molecule has 3 rings (SSSR count). The van der Waals surface area contributed by atoms with Crippen LogP contribution in [-0.2, 0) is 22.9 Å². The zero-order valence-electron chi connectivity index (χ0n) is 12.3. The quantitative estimate of drug-likeness (QED) is 0.871. The summed E-state index contributed by atoms with van der Waals surface area (Å²) in [6, 6.07) is 8.05. The second kappa shape index (κ2) is 4.96. The van der Waals surface area contributed by atoms with Crippen LogP contribution in [0.15, 0.2) is 33.7 Å². The van der Waals surface area contributed by atoms with Crippen LogP contribution in [0.3, 0.4) is 0 Å². The number of sulfonamides is 1. The van der Waals surface area contributed by atoms with Gasteiger partial charge in [-0.15, -0.1) is 0 Å². The van der Waals surface area contributed by atoms with E-state index in [2.05, 4.69) is 17.3 Å². The summed E-state index contributed by atoms with van der Waals surface area (Å²) in [7, 11) is -1.94. The van der Waals surface area contributed by atoms with Crippen LogP contribution in [0.2, 0.25) is 0 Å². The predicted octanol–water partition coefficient (Wildman–Crippen LogP) is 2.08. The molecule has 0 aliphatic heterocycles. The molecule has 0 amide bonds. The van der Waals surface area contributed by atoms with Crippen molar-refractivity contribution in [3.8, 4) is 0 Å². The van der Waals surface area contributed by atoms with Crippen LogP contribution in [0.4, 0.5) is 0 Å². The lowest BCUT2D eigenvalue weighted by Gasteiger charge is -2.23. The van der Waals surface area contributed by atoms with Gasteiger partial charge >= 0.3 is 0 Å². The van der Waals surface area contributed by atoms with Crippen LogP contribution in [-0.4, -0.2) is 31.0 Å². The summed E-state index contributed by atoms with van der Waals surface area (Å²) < 4.78 is 32.1. The van der Waals surface area contributed by atoms with Crippen LogP contribution < -0.4 is 0 Å². The van der Waals surface area contributed by atoms with Gasteiger partial charge in [-0.3, -0.25) is 0 Å². The van der Waals surface area contributed by atoms with E-state index in [1.165, 1.54) is 15.4 Å². The third kappa shape index (κ3) is 2.28. The van der Waals surface area contributed by atoms with E-state index in [0.29, 0.717) is 11.5 Å². The molecule has 0 bridgehead atoms. The number of likely N-dealkylation sites (N-methyl/N-ethyl adjacent to an activating group) is 1. The van der Waals surface area contributed by atoms with Crippen molar-refractivity contribution in [1.82, 2.24) is 9.46 Å². The van der Waals surface area contributed by atoms with Gasteiger partial charge in [0, 0.05) is 13.1 Å². The Morgan fingerprint density at radius 2 is 1.76 bits per heavy atom. The standard InChI is InChI=1S/C15H18N2O3S/c1-10-15(11(2)20-16-10)21(18,19)17(3)14-8-12-6-4-5-7-13(12)9-14/h4-7,14H,8-9H2,1-3H3. The number of fused-ring (bicyclic) bond motifs is 1. The maximum Gasteiger partial charge on any atom is 0.248 e. The Morgan fingerprint density at radius 3 is 2.24 bits per heavy atom. The number of aromatic nitrogens is 1. The lowest BCUT2D eigenvalue weighted by Crippen LogP contribution is -2.38. The van der Waals surface area contributed by atoms with Gasteiger partial charge in [0.25, 0.3) is 0 Å². The highest BCUT2D eigenvalue weighted by Crippen LogP contribution is 2.30. The average molecular weight is 306 g/mol. The molecule has 0 fully saturated rings. The second-order valence-corrected chi connectivity index (χ2v) is 7.44. The predicted molar refractivity (Wildman–Crippen MR) is 78.6 cm³/mol. The fourth-order valence-electron chi connectivity index (χ4n) is 2.98. The zero-order chi connectivity index (χ0) is 15.2. The molecule has 21 heavy (non-hydrogen) atoms. The molecule has 1 aromatic heterocycles. The molecule has 1 aliphatic rings. The van der Waals surface area contributed by atoms with Crippen LogP contribution in [0.5, 0.6) is 0 Å². The molecular weight excluding hydrogens is 288 g/mol. The molecule has 0 unspecified atom stereocenters. The van der Waals surface area contributed by atoms with E-state index in [4.69, 9.17) is 4.52 Å². The van der Waals surface area contributed by atoms with Crippen molar-refractivity contribution >= 4 is 10.0 Å². The Kier molecular flexibility index (Phi) is 3.37. The summed E-state index contributed by atoms with van der Waals surface area (Å²) in [5.74, 6) is 0.342. The second-order valence-electron chi connectivity index (χ2n) is 5.51. The van der Waals surface area contributed by atoms with Gasteiger partial charge < -0.3 is 4.52 Å². The molecule has 1 aromatic carbocycles. The van der Waals surface area contributed by atoms with E-state index in [9.17, 15) is 8.42 Å². The van der Waals surface area contributed by atoms with Gasteiger partial charge in [-0.25, -0.2) is 8.42 Å². The van der Waals surface area contributed by atoms with Gasteiger partial charge in [-0.2, -0.15) is 4.31 Å². The molecule has 0 N–H and O–H groups in total. The van der Waals surface area contributed by atoms with Crippen molar-refractivity contribution in [3.05, 3.63) is 46.8 Å². The Balaban J connectivity index is 1.92. The fourth-order valence-corrected chi connectivity index (χ4v) is 4.62. The van der Waals surface area contributed by atoms with E-state index < -0.39 is 10.0 Å². The first kappa shape index (κ1) is 14.3. The summed E-state index contributed by atoms with van der Waals surface area (Å²) in [4.78, 5) is 0.195. The Morgan fingerprint density at radius 1 is 1.19 bits per heavy atom. The molecular formula is C15H18N2O3S. The van der Waals surface area contributed by atoms with Crippen molar-refractivity contribution < 1.29 is 12.9 Å². The number of hydrogen-bond acceptors (Lipinski definition) is 4. The maximum atomic E-state index is 12.8. The molecule has 0 saturated carbocycles. The number of nitrogens with zero attached hydrogens (tertiary/aromatic N) is 2. The summed E-state index contributed by atoms with van der Waals surface area (Å²) >= 11 is 0. The highest BCUT2D eigenvalue weighted by atomic mass is 32.2. The van der Waals surface area contributed by atoms with Crippen LogP contribution in [0.1, 0.15) is 22.6 Å². The Bertz CT molecular complexity index is 735. The van der Waals surface area contributed by atoms with Gasteiger partial charge in [0.05, 0.1) is 0 Å². The average Bonchev–Trinajstić information content (AvgIpc) is 3.01. The molecule has 1 aliphatic carbocycles. The number of hydrogen-bond donors (Lipinski definition) is 0. The van der Waals surface area contributed by atoms with Gasteiger partial charge in [-0.05, 0) is 37.8 Å². The smallest absolute Gasteiger partial charge is 0.248 e. The first-order valence-corrected chi connectivity index (χ1v) is 8.33. The van der Waals surface area contributed by atoms with E-state index in [0.717, 1.165) is 12.8 Å². The lowest BCUT2D eigenvalue weighted by molar-refractivity contribution is 0.373.